The molecule has 2 rings (SSSR count). The van der Waals surface area contributed by atoms with E-state index in [9.17, 15) is 20.0 Å². The van der Waals surface area contributed by atoms with Crippen LogP contribution in [0.25, 0.3) is 0 Å². The molecular weight excluding hydrogens is 262 g/mol. The number of phenols is 1. The molecule has 1 N–H and O–H groups in total. The number of carbonyl (C=O) groups is 1. The Hall–Kier alpha value is -2.89. The molecule has 6 nitrogen and oxygen atoms in total. The fraction of sp³-hybridized carbons (Fsp3) is 0.0714. The Morgan fingerprint density at radius 2 is 1.85 bits per heavy atom. The van der Waals surface area contributed by atoms with Crippen molar-refractivity contribution in [3.05, 3.63) is 63.7 Å². The third kappa shape index (κ3) is 2.31. The van der Waals surface area contributed by atoms with E-state index in [1.54, 1.807) is 30.3 Å². The number of nitro benzene ring substituents is 1. The summed E-state index contributed by atoms with van der Waals surface area (Å²) >= 11 is 0. The molecule has 0 aliphatic rings. The lowest BCUT2D eigenvalue weighted by atomic mass is 10.0. The van der Waals surface area contributed by atoms with Gasteiger partial charge >= 0.3 is 5.69 Å². The van der Waals surface area contributed by atoms with Gasteiger partial charge in [-0.25, -0.2) is 0 Å². The number of carbonyl (C=O) groups excluding carboxylic acids is 1. The van der Waals surface area contributed by atoms with Gasteiger partial charge in [0.15, 0.2) is 11.5 Å². The maximum Gasteiger partial charge on any atom is 0.325 e. The zero-order chi connectivity index (χ0) is 14.7. The van der Waals surface area contributed by atoms with Crippen molar-refractivity contribution < 1.29 is 19.6 Å². The van der Waals surface area contributed by atoms with Crippen LogP contribution in [-0.2, 0) is 0 Å². The minimum absolute atomic E-state index is 0.0543. The standard InChI is InChI=1S/C14H11NO5/c1-20-11-8-7-10(12(14(11)17)15(18)19)13(16)9-5-3-2-4-6-9/h2-8,17H,1H3. The van der Waals surface area contributed by atoms with Gasteiger partial charge in [0.25, 0.3) is 0 Å². The molecule has 0 radical (unpaired) electrons. The van der Waals surface area contributed by atoms with E-state index in [1.165, 1.54) is 19.2 Å². The molecule has 2 aromatic carbocycles. The molecule has 102 valence electrons. The Bertz CT molecular complexity index is 667. The summed E-state index contributed by atoms with van der Waals surface area (Å²) in [5, 5.41) is 20.9. The van der Waals surface area contributed by atoms with Crippen LogP contribution in [0.3, 0.4) is 0 Å². The summed E-state index contributed by atoms with van der Waals surface area (Å²) in [6.45, 7) is 0. The van der Waals surface area contributed by atoms with Crippen LogP contribution >= 0.6 is 0 Å². The molecule has 0 fully saturated rings. The number of hydrogen-bond donors (Lipinski definition) is 1. The number of aromatic hydroxyl groups is 1. The predicted molar refractivity (Wildman–Crippen MR) is 71.2 cm³/mol. The molecule has 0 aliphatic carbocycles. The van der Waals surface area contributed by atoms with E-state index in [1.807, 2.05) is 0 Å². The number of ether oxygens (including phenoxy) is 1. The van der Waals surface area contributed by atoms with Crippen LogP contribution in [0.15, 0.2) is 42.5 Å². The summed E-state index contributed by atoms with van der Waals surface area (Å²) in [5.41, 5.74) is -0.530. The predicted octanol–water partition coefficient (Wildman–Crippen LogP) is 2.54. The van der Waals surface area contributed by atoms with Crippen LogP contribution in [0.1, 0.15) is 15.9 Å². The largest absolute Gasteiger partial charge is 0.499 e. The van der Waals surface area contributed by atoms with E-state index in [0.717, 1.165) is 0 Å². The van der Waals surface area contributed by atoms with Crippen LogP contribution in [0.2, 0.25) is 0 Å². The number of rotatable bonds is 4. The molecule has 0 saturated heterocycles. The quantitative estimate of drug-likeness (QED) is 0.525. The number of methoxy groups -OCH3 is 1. The first-order valence-corrected chi connectivity index (χ1v) is 5.70. The van der Waals surface area contributed by atoms with Crippen LogP contribution in [0, 0.1) is 10.1 Å². The monoisotopic (exact) mass is 273 g/mol. The highest BCUT2D eigenvalue weighted by atomic mass is 16.6. The zero-order valence-corrected chi connectivity index (χ0v) is 10.6. The molecule has 0 bridgehead atoms. The van der Waals surface area contributed by atoms with Gasteiger partial charge in [-0.15, -0.1) is 0 Å². The van der Waals surface area contributed by atoms with E-state index in [-0.39, 0.29) is 11.3 Å². The van der Waals surface area contributed by atoms with Crippen LogP contribution < -0.4 is 4.74 Å². The maximum atomic E-state index is 12.3. The van der Waals surface area contributed by atoms with Crippen molar-refractivity contribution in [2.24, 2.45) is 0 Å². The van der Waals surface area contributed by atoms with E-state index in [4.69, 9.17) is 4.74 Å². The van der Waals surface area contributed by atoms with E-state index in [2.05, 4.69) is 0 Å². The van der Waals surface area contributed by atoms with Gasteiger partial charge in [0.2, 0.25) is 5.75 Å². The Morgan fingerprint density at radius 1 is 1.20 bits per heavy atom. The van der Waals surface area contributed by atoms with E-state index in [0.29, 0.717) is 5.56 Å². The van der Waals surface area contributed by atoms with Crippen LogP contribution in [-0.4, -0.2) is 22.9 Å². The molecule has 0 unspecified atom stereocenters. The smallest absolute Gasteiger partial charge is 0.325 e. The number of benzene rings is 2. The third-order valence-corrected chi connectivity index (χ3v) is 2.80. The third-order valence-electron chi connectivity index (χ3n) is 2.80. The first-order valence-electron chi connectivity index (χ1n) is 5.70. The molecule has 0 saturated carbocycles. The Morgan fingerprint density at radius 3 is 2.40 bits per heavy atom. The second-order valence-corrected chi connectivity index (χ2v) is 3.96. The highest BCUT2D eigenvalue weighted by molar-refractivity contribution is 6.12. The van der Waals surface area contributed by atoms with E-state index >= 15 is 0 Å². The van der Waals surface area contributed by atoms with Crippen molar-refractivity contribution in [1.82, 2.24) is 0 Å². The molecule has 0 amide bonds. The Kier molecular flexibility index (Phi) is 3.65. The van der Waals surface area contributed by atoms with Crippen molar-refractivity contribution in [1.29, 1.82) is 0 Å². The molecule has 6 heteroatoms. The first kappa shape index (κ1) is 13.5. The summed E-state index contributed by atoms with van der Waals surface area (Å²) < 4.78 is 4.81. The minimum atomic E-state index is -0.798. The summed E-state index contributed by atoms with van der Waals surface area (Å²) in [4.78, 5) is 22.6. The zero-order valence-electron chi connectivity index (χ0n) is 10.6. The van der Waals surface area contributed by atoms with Crippen molar-refractivity contribution >= 4 is 11.5 Å². The van der Waals surface area contributed by atoms with Gasteiger partial charge in [-0.3, -0.25) is 14.9 Å². The number of nitro groups is 1. The van der Waals surface area contributed by atoms with Crippen molar-refractivity contribution in [3.63, 3.8) is 0 Å². The molecule has 0 aliphatic heterocycles. The molecule has 0 spiro atoms. The topological polar surface area (TPSA) is 89.7 Å². The van der Waals surface area contributed by atoms with E-state index < -0.39 is 22.1 Å². The number of ketones is 1. The average molecular weight is 273 g/mol. The van der Waals surface area contributed by atoms with Gasteiger partial charge in [0.1, 0.15) is 5.56 Å². The van der Waals surface area contributed by atoms with Crippen LogP contribution in [0.4, 0.5) is 5.69 Å². The maximum absolute atomic E-state index is 12.3. The first-order chi connectivity index (χ1) is 9.56. The van der Waals surface area contributed by atoms with Gasteiger partial charge < -0.3 is 9.84 Å². The van der Waals surface area contributed by atoms with Gasteiger partial charge in [-0.05, 0) is 12.1 Å². The van der Waals surface area contributed by atoms with Gasteiger partial charge in [-0.2, -0.15) is 0 Å². The lowest BCUT2D eigenvalue weighted by molar-refractivity contribution is -0.386. The summed E-state index contributed by atoms with van der Waals surface area (Å²) in [6, 6.07) is 10.7. The fourth-order valence-electron chi connectivity index (χ4n) is 1.84. The normalized spacial score (nSPS) is 10.1. The number of phenolic OH excluding ortho intramolecular Hbond substituents is 1. The van der Waals surface area contributed by atoms with Crippen molar-refractivity contribution in [3.8, 4) is 11.5 Å². The Balaban J connectivity index is 2.60. The van der Waals surface area contributed by atoms with Gasteiger partial charge in [-0.1, -0.05) is 30.3 Å². The molecule has 0 heterocycles. The van der Waals surface area contributed by atoms with Crippen LogP contribution in [0.5, 0.6) is 11.5 Å². The van der Waals surface area contributed by atoms with Crippen molar-refractivity contribution in [2.45, 2.75) is 0 Å². The number of nitrogens with zero attached hydrogens (tertiary/aromatic N) is 1. The Labute approximate surface area is 114 Å². The lowest BCUT2D eigenvalue weighted by Crippen LogP contribution is -2.06. The van der Waals surface area contributed by atoms with Gasteiger partial charge in [0.05, 0.1) is 12.0 Å². The number of hydrogen-bond acceptors (Lipinski definition) is 5. The summed E-state index contributed by atoms with van der Waals surface area (Å²) in [5.74, 6) is -1.24. The second kappa shape index (κ2) is 5.40. The fourth-order valence-corrected chi connectivity index (χ4v) is 1.84. The molecule has 0 atom stereocenters. The van der Waals surface area contributed by atoms with Crippen molar-refractivity contribution in [2.75, 3.05) is 7.11 Å². The SMILES string of the molecule is COc1ccc(C(=O)c2ccccc2)c([N+](=O)[O-])c1O. The van der Waals surface area contributed by atoms with Gasteiger partial charge in [0, 0.05) is 5.56 Å². The minimum Gasteiger partial charge on any atom is -0.499 e. The summed E-state index contributed by atoms with van der Waals surface area (Å²) in [7, 11) is 1.28. The molecular formula is C14H11NO5. The highest BCUT2D eigenvalue weighted by Gasteiger charge is 2.28. The summed E-state index contributed by atoms with van der Waals surface area (Å²) in [6.07, 6.45) is 0. The average Bonchev–Trinajstić information content (AvgIpc) is 2.46. The second-order valence-electron chi connectivity index (χ2n) is 3.96. The lowest BCUT2D eigenvalue weighted by Gasteiger charge is -2.07. The molecule has 0 aromatic heterocycles. The molecule has 20 heavy (non-hydrogen) atoms. The molecule has 2 aromatic rings. The highest BCUT2D eigenvalue weighted by Crippen LogP contribution is 2.39.